The van der Waals surface area contributed by atoms with Gasteiger partial charge in [-0.2, -0.15) is 0 Å². The summed E-state index contributed by atoms with van der Waals surface area (Å²) >= 11 is 0. The fourth-order valence-corrected chi connectivity index (χ4v) is 2.20. The molecule has 2 aromatic rings. The first kappa shape index (κ1) is 16.8. The molecule has 0 aliphatic carbocycles. The molecule has 0 aliphatic rings. The summed E-state index contributed by atoms with van der Waals surface area (Å²) in [7, 11) is 0. The Hall–Kier alpha value is -2.56. The van der Waals surface area contributed by atoms with Crippen molar-refractivity contribution in [3.8, 4) is 0 Å². The lowest BCUT2D eigenvalue weighted by atomic mass is 10.0. The monoisotopic (exact) mass is 314 g/mol. The second-order valence-corrected chi connectivity index (χ2v) is 5.71. The lowest BCUT2D eigenvalue weighted by Gasteiger charge is -2.21. The van der Waals surface area contributed by atoms with Crippen molar-refractivity contribution in [2.45, 2.75) is 33.2 Å². The summed E-state index contributed by atoms with van der Waals surface area (Å²) in [6, 6.07) is 10.2. The first-order valence-electron chi connectivity index (χ1n) is 7.75. The minimum absolute atomic E-state index is 0.0520. The van der Waals surface area contributed by atoms with E-state index in [9.17, 15) is 9.59 Å². The Morgan fingerprint density at radius 1 is 1.13 bits per heavy atom. The number of rotatable bonds is 6. The lowest BCUT2D eigenvalue weighted by molar-refractivity contribution is -0.118. The van der Waals surface area contributed by atoms with E-state index in [4.69, 9.17) is 4.42 Å². The maximum absolute atomic E-state index is 12.5. The Morgan fingerprint density at radius 3 is 2.35 bits per heavy atom. The Balaban J connectivity index is 2.04. The van der Waals surface area contributed by atoms with Gasteiger partial charge in [0.05, 0.1) is 6.26 Å². The molecule has 1 aromatic heterocycles. The standard InChI is InChI=1S/C18H22N2O3/c1-4-13-7-9-14(10-8-13)19-18(22)16(12(2)3)20-17(21)15-6-5-11-23-15/h5-12,16H,4H2,1-3H3,(H,19,22)(H,20,21). The molecule has 122 valence electrons. The van der Waals surface area contributed by atoms with Gasteiger partial charge in [-0.25, -0.2) is 0 Å². The molecule has 0 fully saturated rings. The van der Waals surface area contributed by atoms with Crippen molar-refractivity contribution in [2.75, 3.05) is 5.32 Å². The van der Waals surface area contributed by atoms with Crippen molar-refractivity contribution >= 4 is 17.5 Å². The van der Waals surface area contributed by atoms with E-state index >= 15 is 0 Å². The molecule has 5 nitrogen and oxygen atoms in total. The van der Waals surface area contributed by atoms with Gasteiger partial charge >= 0.3 is 0 Å². The van der Waals surface area contributed by atoms with Crippen LogP contribution in [0, 0.1) is 5.92 Å². The summed E-state index contributed by atoms with van der Waals surface area (Å²) in [4.78, 5) is 24.5. The van der Waals surface area contributed by atoms with E-state index in [1.807, 2.05) is 38.1 Å². The highest BCUT2D eigenvalue weighted by Crippen LogP contribution is 2.13. The molecule has 2 rings (SSSR count). The maximum atomic E-state index is 12.5. The molecule has 0 spiro atoms. The topological polar surface area (TPSA) is 71.3 Å². The van der Waals surface area contributed by atoms with Gasteiger partial charge in [-0.1, -0.05) is 32.9 Å². The lowest BCUT2D eigenvalue weighted by Crippen LogP contribution is -2.47. The number of hydrogen-bond donors (Lipinski definition) is 2. The molecule has 1 aromatic carbocycles. The van der Waals surface area contributed by atoms with Crippen LogP contribution < -0.4 is 10.6 Å². The third-order valence-electron chi connectivity index (χ3n) is 3.61. The first-order chi connectivity index (χ1) is 11.0. The normalized spacial score (nSPS) is 12.0. The van der Waals surface area contributed by atoms with Gasteiger partial charge in [0.15, 0.2) is 5.76 Å². The highest BCUT2D eigenvalue weighted by Gasteiger charge is 2.25. The SMILES string of the molecule is CCc1ccc(NC(=O)C(NC(=O)c2ccco2)C(C)C)cc1. The highest BCUT2D eigenvalue weighted by atomic mass is 16.3. The Bertz CT molecular complexity index is 645. The molecule has 0 aliphatic heterocycles. The number of hydrogen-bond acceptors (Lipinski definition) is 3. The maximum Gasteiger partial charge on any atom is 0.287 e. The molecular weight excluding hydrogens is 292 g/mol. The molecule has 5 heteroatoms. The highest BCUT2D eigenvalue weighted by molar-refractivity contribution is 6.00. The summed E-state index contributed by atoms with van der Waals surface area (Å²) in [5.74, 6) is -0.506. The molecule has 2 amide bonds. The number of aryl methyl sites for hydroxylation is 1. The van der Waals surface area contributed by atoms with E-state index in [1.54, 1.807) is 12.1 Å². The van der Waals surface area contributed by atoms with Crippen LogP contribution in [0.15, 0.2) is 47.1 Å². The summed E-state index contributed by atoms with van der Waals surface area (Å²) in [6.45, 7) is 5.84. The van der Waals surface area contributed by atoms with Gasteiger partial charge in [0.2, 0.25) is 5.91 Å². The van der Waals surface area contributed by atoms with Crippen LogP contribution >= 0.6 is 0 Å². The predicted molar refractivity (Wildman–Crippen MR) is 89.2 cm³/mol. The van der Waals surface area contributed by atoms with Gasteiger partial charge in [-0.15, -0.1) is 0 Å². The van der Waals surface area contributed by atoms with E-state index in [0.717, 1.165) is 6.42 Å². The molecule has 1 atom stereocenters. The molecule has 2 N–H and O–H groups in total. The van der Waals surface area contributed by atoms with E-state index in [0.29, 0.717) is 5.69 Å². The Labute approximate surface area is 136 Å². The smallest absolute Gasteiger partial charge is 0.287 e. The van der Waals surface area contributed by atoms with Crippen LogP contribution in [0.2, 0.25) is 0 Å². The molecule has 1 heterocycles. The van der Waals surface area contributed by atoms with Crippen LogP contribution in [0.1, 0.15) is 36.9 Å². The van der Waals surface area contributed by atoms with Crippen LogP contribution in [-0.4, -0.2) is 17.9 Å². The van der Waals surface area contributed by atoms with Gasteiger partial charge in [-0.3, -0.25) is 9.59 Å². The molecule has 0 saturated carbocycles. The summed E-state index contributed by atoms with van der Waals surface area (Å²) in [5, 5.41) is 5.56. The fraction of sp³-hybridized carbons (Fsp3) is 0.333. The second-order valence-electron chi connectivity index (χ2n) is 5.71. The van der Waals surface area contributed by atoms with E-state index in [1.165, 1.54) is 11.8 Å². The Morgan fingerprint density at radius 2 is 1.83 bits per heavy atom. The molecule has 0 radical (unpaired) electrons. The third-order valence-corrected chi connectivity index (χ3v) is 3.61. The quantitative estimate of drug-likeness (QED) is 0.860. The number of furan rings is 1. The molecule has 1 unspecified atom stereocenters. The van der Waals surface area contributed by atoms with Crippen LogP contribution in [-0.2, 0) is 11.2 Å². The van der Waals surface area contributed by atoms with Crippen LogP contribution in [0.5, 0.6) is 0 Å². The molecule has 23 heavy (non-hydrogen) atoms. The fourth-order valence-electron chi connectivity index (χ4n) is 2.20. The number of nitrogens with one attached hydrogen (secondary N) is 2. The zero-order valence-corrected chi connectivity index (χ0v) is 13.6. The minimum Gasteiger partial charge on any atom is -0.459 e. The van der Waals surface area contributed by atoms with Gasteiger partial charge in [0.1, 0.15) is 6.04 Å². The number of carbonyl (C=O) groups excluding carboxylic acids is 2. The number of benzene rings is 1. The van der Waals surface area contributed by atoms with Crippen molar-refractivity contribution in [2.24, 2.45) is 5.92 Å². The second kappa shape index (κ2) is 7.63. The van der Waals surface area contributed by atoms with Crippen molar-refractivity contribution in [1.82, 2.24) is 5.32 Å². The molecule has 0 saturated heterocycles. The van der Waals surface area contributed by atoms with E-state index < -0.39 is 11.9 Å². The zero-order valence-electron chi connectivity index (χ0n) is 13.6. The van der Waals surface area contributed by atoms with Gasteiger partial charge < -0.3 is 15.1 Å². The van der Waals surface area contributed by atoms with E-state index in [-0.39, 0.29) is 17.6 Å². The summed E-state index contributed by atoms with van der Waals surface area (Å²) < 4.78 is 5.06. The first-order valence-corrected chi connectivity index (χ1v) is 7.75. The van der Waals surface area contributed by atoms with Gasteiger partial charge in [0, 0.05) is 5.69 Å². The van der Waals surface area contributed by atoms with Crippen molar-refractivity contribution in [3.05, 3.63) is 54.0 Å². The van der Waals surface area contributed by atoms with Gasteiger partial charge in [-0.05, 0) is 42.2 Å². The molecule has 0 bridgehead atoms. The van der Waals surface area contributed by atoms with Gasteiger partial charge in [0.25, 0.3) is 5.91 Å². The Kier molecular flexibility index (Phi) is 5.57. The third kappa shape index (κ3) is 4.45. The van der Waals surface area contributed by atoms with E-state index in [2.05, 4.69) is 17.6 Å². The predicted octanol–water partition coefficient (Wildman–Crippen LogP) is 3.24. The van der Waals surface area contributed by atoms with Crippen molar-refractivity contribution in [3.63, 3.8) is 0 Å². The number of anilines is 1. The van der Waals surface area contributed by atoms with Crippen LogP contribution in [0.4, 0.5) is 5.69 Å². The average Bonchev–Trinajstić information content (AvgIpc) is 3.07. The molecular formula is C18H22N2O3. The van der Waals surface area contributed by atoms with Crippen molar-refractivity contribution < 1.29 is 14.0 Å². The number of carbonyl (C=O) groups is 2. The summed E-state index contributed by atoms with van der Waals surface area (Å²) in [5.41, 5.74) is 1.92. The average molecular weight is 314 g/mol. The summed E-state index contributed by atoms with van der Waals surface area (Å²) in [6.07, 6.45) is 2.37. The van der Waals surface area contributed by atoms with Crippen LogP contribution in [0.3, 0.4) is 0 Å². The minimum atomic E-state index is -0.640. The number of amides is 2. The zero-order chi connectivity index (χ0) is 16.8. The van der Waals surface area contributed by atoms with Crippen LogP contribution in [0.25, 0.3) is 0 Å². The van der Waals surface area contributed by atoms with Crippen molar-refractivity contribution in [1.29, 1.82) is 0 Å². The largest absolute Gasteiger partial charge is 0.459 e.